The third-order valence-electron chi connectivity index (χ3n) is 19.6. The van der Waals surface area contributed by atoms with Gasteiger partial charge < -0.3 is 93.8 Å². The number of methoxy groups -OCH3 is 7. The van der Waals surface area contributed by atoms with Gasteiger partial charge in [0.2, 0.25) is 17.7 Å². The number of hydrogen-bond donors (Lipinski definition) is 7. The van der Waals surface area contributed by atoms with Crippen LogP contribution in [0.4, 0.5) is 0 Å². The molecule has 4 aliphatic heterocycles. The molecule has 0 bridgehead atoms. The molecule has 4 heterocycles. The minimum absolute atomic E-state index is 0. The number of benzene rings is 10. The second kappa shape index (κ2) is 59.8. The fourth-order valence-corrected chi connectivity index (χ4v) is 15.2. The molecule has 676 valence electrons. The number of nitrogens with one attached hydrogen (secondary N) is 5. The van der Waals surface area contributed by atoms with Gasteiger partial charge in [0.15, 0.2) is 69.0 Å². The Morgan fingerprint density at radius 3 is 1.24 bits per heavy atom. The van der Waals surface area contributed by atoms with Crippen LogP contribution in [-0.2, 0) is 128 Å². The van der Waals surface area contributed by atoms with Crippen LogP contribution >= 0.6 is 47.8 Å². The number of carbonyl (C=O) groups is 3. The van der Waals surface area contributed by atoms with E-state index in [1.54, 1.807) is 56.7 Å². The van der Waals surface area contributed by atoms with Crippen LogP contribution < -0.4 is 78.7 Å². The molecule has 0 spiro atoms. The summed E-state index contributed by atoms with van der Waals surface area (Å²) in [4.78, 5) is 35.5. The Kier molecular flexibility index (Phi) is 51.3. The number of fused-ring (bicyclic) bond motifs is 4. The second-order valence-corrected chi connectivity index (χ2v) is 30.1. The van der Waals surface area contributed by atoms with Crippen molar-refractivity contribution in [2.24, 2.45) is 0 Å². The Labute approximate surface area is 775 Å². The van der Waals surface area contributed by atoms with E-state index in [9.17, 15) is 19.5 Å². The van der Waals surface area contributed by atoms with Crippen LogP contribution in [-0.4, -0.2) is 129 Å². The highest BCUT2D eigenvalue weighted by Gasteiger charge is 2.28. The maximum Gasteiger partial charge on any atom is 0.219 e. The van der Waals surface area contributed by atoms with Gasteiger partial charge in [0.05, 0.1) is 49.8 Å². The SMILES string of the molecule is C.C.CC.CO.COc1cc(Br)c(CCNC(C)=O)cc1OCc1ccccc1.COc1cc(Br)c2c(c1OCc1ccccc1)CN(C(C)=O)CC2.COc1cc(Br)c2c(c1OCc1ccccc1)CNCC2.COc1ccc(CCNC(C)=O)cc1OCc1ccccc1.COc1ccc2c(c1O)CNCC2.COc1ccc2c(c1OC)CNCC2.S=S. The summed E-state index contributed by atoms with van der Waals surface area (Å²) in [5.74, 6) is 8.39. The topological polar surface area (TPSA) is 257 Å². The van der Waals surface area contributed by atoms with E-state index in [4.69, 9.17) is 57.2 Å². The van der Waals surface area contributed by atoms with Crippen LogP contribution in [0.25, 0.3) is 0 Å². The number of aliphatic hydroxyl groups is 1. The molecule has 0 atom stereocenters. The number of aliphatic hydroxyl groups excluding tert-OH is 1. The number of carbonyl (C=O) groups excluding carboxylic acids is 3. The summed E-state index contributed by atoms with van der Waals surface area (Å²) in [6, 6.07) is 61.7. The maximum atomic E-state index is 11.8. The maximum absolute atomic E-state index is 11.8. The van der Waals surface area contributed by atoms with Crippen LogP contribution in [0, 0.1) is 0 Å². The molecule has 0 aromatic heterocycles. The lowest BCUT2D eigenvalue weighted by atomic mass is 9.98. The first kappa shape index (κ1) is 107. The Morgan fingerprint density at radius 1 is 0.392 bits per heavy atom. The predicted molar refractivity (Wildman–Crippen MR) is 516 cm³/mol. The fourth-order valence-electron chi connectivity index (χ4n) is 13.4. The van der Waals surface area contributed by atoms with Crippen molar-refractivity contribution in [2.45, 2.75) is 141 Å². The molecule has 27 heteroatoms. The molecule has 14 rings (SSSR count). The summed E-state index contributed by atoms with van der Waals surface area (Å²) in [7, 11) is 12.5. The number of ether oxygens (including phenoxy) is 11. The molecule has 0 radical (unpaired) electrons. The van der Waals surface area contributed by atoms with Crippen LogP contribution in [0.2, 0.25) is 0 Å². The number of nitrogens with zero attached hydrogens (tertiary/aromatic N) is 1. The van der Waals surface area contributed by atoms with Crippen LogP contribution in [0.15, 0.2) is 201 Å². The Balaban J connectivity index is 0.000000313. The van der Waals surface area contributed by atoms with Crippen molar-refractivity contribution in [3.05, 3.63) is 279 Å². The number of amides is 3. The first-order chi connectivity index (χ1) is 59.9. The molecular weight excluding hydrogens is 1820 g/mol. The van der Waals surface area contributed by atoms with E-state index in [1.807, 2.05) is 189 Å². The summed E-state index contributed by atoms with van der Waals surface area (Å²) in [5, 5.41) is 32.3. The van der Waals surface area contributed by atoms with Gasteiger partial charge in [-0.2, -0.15) is 0 Å². The van der Waals surface area contributed by atoms with Gasteiger partial charge in [0, 0.05) is 132 Å². The van der Waals surface area contributed by atoms with Gasteiger partial charge in [-0.1, -0.05) is 216 Å². The molecule has 125 heavy (non-hydrogen) atoms. The van der Waals surface area contributed by atoms with E-state index in [1.165, 1.54) is 47.2 Å². The first-order valence-corrected chi connectivity index (χ1v) is 44.1. The smallest absolute Gasteiger partial charge is 0.219 e. The quantitative estimate of drug-likeness (QED) is 0.0281. The lowest BCUT2D eigenvalue weighted by molar-refractivity contribution is -0.129. The molecule has 3 amide bonds. The van der Waals surface area contributed by atoms with E-state index in [0.29, 0.717) is 87.0 Å². The number of phenolic OH excluding ortho intramolecular Hbond substituents is 1. The molecule has 22 nitrogen and oxygen atoms in total. The van der Waals surface area contributed by atoms with Gasteiger partial charge in [-0.05, 0) is 162 Å². The standard InChI is InChI=1S/C19H20BrNO3.C18H20BrNO3.C18H21NO3.C17H18BrNO2.C11H15NO2.C10H13NO2.C2H6.CH4O.2CH4.S2/c1-13(22)21-9-8-15-16(11-21)19(18(23-2)10-17(15)20)24-12-14-6-4-3-5-7-14;1-13(21)20-9-8-15-10-18(17(22-2)11-16(15)19)23-12-14-6-4-3-5-7-14;1-14(20)19-11-10-15-8-9-17(21-2)18(12-15)22-13-16-6-4-3-5-7-16;1-20-16-9-15(18)13-7-8-19-10-14(13)17(16)21-11-12-5-3-2-4-6-12;1-13-10-4-3-8-5-6-12-7-9(8)11(10)14-2;1-13-9-3-2-7-4-5-11-6-8(7)10(9)12;2*1-2;;;1-2/h3-7,10H,8-9,11-12H2,1-2H3;3-7,10-11H,8-9,12H2,1-2H3,(H,20,21);3-9,12H,10-11,13H2,1-2H3,(H,19,20);2-6,9,19H,7-8,10-11H2,1H3;3-4,12H,5-7H2,1-2H3;2-3,11-12H,4-6H2,1H3;1-2H3;2H,1H3;2*1H4;. The monoisotopic (exact) mass is 1940 g/mol. The summed E-state index contributed by atoms with van der Waals surface area (Å²) in [6.07, 6.45) is 5.32. The largest absolute Gasteiger partial charge is 0.504 e. The van der Waals surface area contributed by atoms with Crippen molar-refractivity contribution in [2.75, 3.05) is 96.1 Å². The molecule has 0 unspecified atom stereocenters. The zero-order valence-electron chi connectivity index (χ0n) is 72.5. The zero-order valence-corrected chi connectivity index (χ0v) is 78.9. The summed E-state index contributed by atoms with van der Waals surface area (Å²) in [6.45, 7) is 18.5. The number of phenols is 1. The zero-order chi connectivity index (χ0) is 89.4. The van der Waals surface area contributed by atoms with Gasteiger partial charge in [0.1, 0.15) is 26.4 Å². The Bertz CT molecular complexity index is 4860. The lowest BCUT2D eigenvalue weighted by Gasteiger charge is -2.30. The van der Waals surface area contributed by atoms with Gasteiger partial charge in [0.25, 0.3) is 0 Å². The number of halogens is 3. The number of hydrogen-bond acceptors (Lipinski definition) is 21. The van der Waals surface area contributed by atoms with Gasteiger partial charge in [-0.25, -0.2) is 0 Å². The van der Waals surface area contributed by atoms with E-state index < -0.39 is 0 Å². The predicted octanol–water partition coefficient (Wildman–Crippen LogP) is 18.6. The highest BCUT2D eigenvalue weighted by molar-refractivity contribution is 9.11. The average Bonchev–Trinajstić information content (AvgIpc) is 0.778. The van der Waals surface area contributed by atoms with Gasteiger partial charge in [-0.15, -0.1) is 0 Å². The van der Waals surface area contributed by atoms with Crippen molar-refractivity contribution in [3.8, 4) is 69.0 Å². The van der Waals surface area contributed by atoms with Crippen molar-refractivity contribution in [1.29, 1.82) is 0 Å². The van der Waals surface area contributed by atoms with E-state index in [2.05, 4.69) is 115 Å². The van der Waals surface area contributed by atoms with Crippen LogP contribution in [0.5, 0.6) is 69.0 Å². The van der Waals surface area contributed by atoms with Crippen LogP contribution in [0.1, 0.15) is 127 Å². The summed E-state index contributed by atoms with van der Waals surface area (Å²) in [5.41, 5.74) is 16.1. The minimum atomic E-state index is -0.0322. The number of aromatic hydroxyl groups is 1. The van der Waals surface area contributed by atoms with Crippen molar-refractivity contribution < 1.29 is 76.7 Å². The fraction of sp³-hybridized carbons (Fsp3) is 0.357. The molecule has 0 fully saturated rings. The molecule has 10 aromatic carbocycles. The average molecular weight is 1950 g/mol. The van der Waals surface area contributed by atoms with Gasteiger partial charge in [-0.3, -0.25) is 14.4 Å². The van der Waals surface area contributed by atoms with Gasteiger partial charge >= 0.3 is 0 Å². The highest BCUT2D eigenvalue weighted by atomic mass is 79.9. The highest BCUT2D eigenvalue weighted by Crippen LogP contribution is 2.44. The molecule has 0 saturated heterocycles. The Hall–Kier alpha value is -10.1. The third-order valence-corrected chi connectivity index (χ3v) is 21.8. The van der Waals surface area contributed by atoms with Crippen LogP contribution in [0.3, 0.4) is 0 Å². The molecule has 10 aromatic rings. The van der Waals surface area contributed by atoms with E-state index >= 15 is 0 Å². The summed E-state index contributed by atoms with van der Waals surface area (Å²) < 4.78 is 64.4. The van der Waals surface area contributed by atoms with E-state index in [0.717, 1.165) is 172 Å². The second-order valence-electron chi connectivity index (χ2n) is 27.5. The molecule has 0 saturated carbocycles. The molecule has 4 aliphatic rings. The molecule has 7 N–H and O–H groups in total. The lowest BCUT2D eigenvalue weighted by Crippen LogP contribution is -2.34. The van der Waals surface area contributed by atoms with E-state index in [-0.39, 0.29) is 38.3 Å². The normalized spacial score (nSPS) is 11.9. The van der Waals surface area contributed by atoms with Crippen molar-refractivity contribution in [3.63, 3.8) is 0 Å². The summed E-state index contributed by atoms with van der Waals surface area (Å²) >= 11 is 18.1. The Morgan fingerprint density at radius 2 is 0.784 bits per heavy atom. The van der Waals surface area contributed by atoms with Crippen molar-refractivity contribution >= 4 is 87.9 Å². The number of rotatable bonds is 25. The molecule has 0 aliphatic carbocycles. The third kappa shape index (κ3) is 34.0. The van der Waals surface area contributed by atoms with Crippen molar-refractivity contribution in [1.82, 2.24) is 31.5 Å². The first-order valence-electron chi connectivity index (χ1n) is 40.4. The molecular formula is C98H125Br3N6O16S2. The minimum Gasteiger partial charge on any atom is -0.504 e.